The molecular weight excluding hydrogens is 396 g/mol. The number of hydrogen-bond acceptors (Lipinski definition) is 7. The number of carbonyl (C=O) groups excluding carboxylic acids is 2. The molecule has 0 aliphatic rings. The Bertz CT molecular complexity index is 855. The second-order valence-electron chi connectivity index (χ2n) is 6.62. The molecule has 2 aromatic rings. The topological polar surface area (TPSA) is 108 Å². The number of non-ortho nitro benzene ring substituents is 1. The van der Waals surface area contributed by atoms with Crippen molar-refractivity contribution in [2.45, 2.75) is 31.2 Å². The van der Waals surface area contributed by atoms with Gasteiger partial charge in [0.05, 0.1) is 4.92 Å². The molecule has 0 saturated heterocycles. The number of nitro benzene ring substituents is 1. The van der Waals surface area contributed by atoms with Gasteiger partial charge in [0.15, 0.2) is 0 Å². The highest BCUT2D eigenvalue weighted by atomic mass is 32.2. The third kappa shape index (κ3) is 6.49. The molecular formula is C20H22N2O6S. The van der Waals surface area contributed by atoms with Crippen LogP contribution in [0.5, 0.6) is 5.75 Å². The fourth-order valence-corrected chi connectivity index (χ4v) is 2.73. The van der Waals surface area contributed by atoms with Crippen LogP contribution in [0.1, 0.15) is 19.4 Å². The van der Waals surface area contributed by atoms with Gasteiger partial charge in [0, 0.05) is 16.9 Å². The number of ether oxygens (including phenoxy) is 2. The summed E-state index contributed by atoms with van der Waals surface area (Å²) in [5, 5.41) is 13.2. The van der Waals surface area contributed by atoms with Crippen LogP contribution < -0.4 is 10.1 Å². The Morgan fingerprint density at radius 2 is 1.76 bits per heavy atom. The summed E-state index contributed by atoms with van der Waals surface area (Å²) in [6, 6.07) is 13.3. The van der Waals surface area contributed by atoms with E-state index in [4.69, 9.17) is 9.47 Å². The van der Waals surface area contributed by atoms with Crippen molar-refractivity contribution >= 4 is 29.5 Å². The molecule has 2 aromatic carbocycles. The van der Waals surface area contributed by atoms with E-state index in [2.05, 4.69) is 5.32 Å². The van der Waals surface area contributed by atoms with Gasteiger partial charge in [0.2, 0.25) is 0 Å². The third-order valence-corrected chi connectivity index (χ3v) is 5.49. The lowest BCUT2D eigenvalue weighted by atomic mass is 10.0. The van der Waals surface area contributed by atoms with E-state index in [-0.39, 0.29) is 18.0 Å². The lowest BCUT2D eigenvalue weighted by molar-refractivity contribution is -0.384. The minimum absolute atomic E-state index is 0.0831. The van der Waals surface area contributed by atoms with Crippen LogP contribution in [0.2, 0.25) is 0 Å². The van der Waals surface area contributed by atoms with Gasteiger partial charge in [-0.25, -0.2) is 9.59 Å². The molecule has 8 nitrogen and oxygen atoms in total. The number of nitro groups is 1. The summed E-state index contributed by atoms with van der Waals surface area (Å²) >= 11 is 1.39. The van der Waals surface area contributed by atoms with Crippen molar-refractivity contribution in [3.05, 3.63) is 70.3 Å². The molecule has 0 fully saturated rings. The van der Waals surface area contributed by atoms with Gasteiger partial charge in [0.25, 0.3) is 5.69 Å². The fraction of sp³-hybridized carbons (Fsp3) is 0.300. The first-order valence-corrected chi connectivity index (χ1v) is 9.94. The van der Waals surface area contributed by atoms with Crippen LogP contribution in [0.3, 0.4) is 0 Å². The highest BCUT2D eigenvalue weighted by molar-refractivity contribution is 8.00. The molecule has 0 unspecified atom stereocenters. The predicted octanol–water partition coefficient (Wildman–Crippen LogP) is 3.94. The molecule has 0 bridgehead atoms. The summed E-state index contributed by atoms with van der Waals surface area (Å²) in [4.78, 5) is 35.1. The normalized spacial score (nSPS) is 12.0. The summed E-state index contributed by atoms with van der Waals surface area (Å²) in [7, 11) is 0. The number of thioether (sulfide) groups is 1. The molecule has 2 rings (SSSR count). The highest BCUT2D eigenvalue weighted by Gasteiger charge is 2.38. The van der Waals surface area contributed by atoms with Gasteiger partial charge in [0.1, 0.15) is 18.4 Å². The van der Waals surface area contributed by atoms with Crippen LogP contribution in [0.15, 0.2) is 54.6 Å². The van der Waals surface area contributed by atoms with Crippen molar-refractivity contribution in [1.82, 2.24) is 5.32 Å². The van der Waals surface area contributed by atoms with Crippen molar-refractivity contribution in [2.24, 2.45) is 0 Å². The molecule has 154 valence electrons. The van der Waals surface area contributed by atoms with E-state index in [0.717, 1.165) is 5.56 Å². The molecule has 0 aliphatic heterocycles. The van der Waals surface area contributed by atoms with Crippen molar-refractivity contribution in [3.8, 4) is 5.75 Å². The Balaban J connectivity index is 2.04. The smallest absolute Gasteiger partial charge is 0.413 e. The van der Waals surface area contributed by atoms with E-state index in [9.17, 15) is 19.7 Å². The number of nitrogens with zero attached hydrogens (tertiary/aromatic N) is 1. The zero-order valence-corrected chi connectivity index (χ0v) is 17.1. The standard InChI is InChI=1S/C20H22N2O6S/c1-20(2,29-3)17(18(23)27-13-14-7-5-4-6-8-14)21-19(24)28-16-11-9-15(10-12-16)22(25)26/h4-12,17H,13H2,1-3H3,(H,21,24)/t17-/m1/s1. The average molecular weight is 418 g/mol. The maximum absolute atomic E-state index is 12.6. The van der Waals surface area contributed by atoms with E-state index in [1.807, 2.05) is 36.6 Å². The molecule has 0 heterocycles. The Labute approximate surface area is 172 Å². The maximum Gasteiger partial charge on any atom is 0.413 e. The molecule has 0 aliphatic carbocycles. The number of rotatable bonds is 8. The quantitative estimate of drug-likeness (QED) is 0.393. The van der Waals surface area contributed by atoms with Gasteiger partial charge in [-0.05, 0) is 37.8 Å². The molecule has 0 saturated carbocycles. The number of amides is 1. The second kappa shape index (κ2) is 9.92. The second-order valence-corrected chi connectivity index (χ2v) is 8.08. The van der Waals surface area contributed by atoms with Crippen LogP contribution in [-0.2, 0) is 16.1 Å². The molecule has 1 amide bonds. The van der Waals surface area contributed by atoms with Crippen molar-refractivity contribution in [1.29, 1.82) is 0 Å². The highest BCUT2D eigenvalue weighted by Crippen LogP contribution is 2.27. The average Bonchev–Trinajstić information content (AvgIpc) is 2.71. The van der Waals surface area contributed by atoms with E-state index in [1.54, 1.807) is 13.8 Å². The van der Waals surface area contributed by atoms with Gasteiger partial charge >= 0.3 is 12.1 Å². The molecule has 0 spiro atoms. The Morgan fingerprint density at radius 1 is 1.14 bits per heavy atom. The SMILES string of the molecule is CSC(C)(C)[C@H](NC(=O)Oc1ccc([N+](=O)[O-])cc1)C(=O)OCc1ccccc1. The molecule has 0 radical (unpaired) electrons. The first-order chi connectivity index (χ1) is 13.7. The molecule has 29 heavy (non-hydrogen) atoms. The molecule has 1 atom stereocenters. The number of esters is 1. The first kappa shape index (κ1) is 22.2. The number of carbonyl (C=O) groups is 2. The monoisotopic (exact) mass is 418 g/mol. The van der Waals surface area contributed by atoms with Crippen LogP contribution in [0, 0.1) is 10.1 Å². The van der Waals surface area contributed by atoms with E-state index >= 15 is 0 Å². The first-order valence-electron chi connectivity index (χ1n) is 8.71. The molecule has 9 heteroatoms. The minimum Gasteiger partial charge on any atom is -0.459 e. The van der Waals surface area contributed by atoms with E-state index in [0.29, 0.717) is 0 Å². The molecule has 0 aromatic heterocycles. The van der Waals surface area contributed by atoms with Gasteiger partial charge < -0.3 is 14.8 Å². The van der Waals surface area contributed by atoms with Gasteiger partial charge in [-0.3, -0.25) is 10.1 Å². The lowest BCUT2D eigenvalue weighted by Crippen LogP contribution is -2.53. The summed E-state index contributed by atoms with van der Waals surface area (Å²) < 4.78 is 9.85. The Hall–Kier alpha value is -3.07. The van der Waals surface area contributed by atoms with E-state index in [1.165, 1.54) is 36.0 Å². The largest absolute Gasteiger partial charge is 0.459 e. The zero-order valence-electron chi connectivity index (χ0n) is 16.3. The van der Waals surface area contributed by atoms with Crippen molar-refractivity contribution < 1.29 is 24.0 Å². The van der Waals surface area contributed by atoms with Gasteiger partial charge in [-0.1, -0.05) is 30.3 Å². The van der Waals surface area contributed by atoms with Gasteiger partial charge in [-0.2, -0.15) is 11.8 Å². The Kier molecular flexibility index (Phi) is 7.60. The lowest BCUT2D eigenvalue weighted by Gasteiger charge is -2.31. The van der Waals surface area contributed by atoms with Crippen LogP contribution in [-0.4, -0.2) is 34.0 Å². The summed E-state index contributed by atoms with van der Waals surface area (Å²) in [6.45, 7) is 3.69. The molecule has 1 N–H and O–H groups in total. The fourth-order valence-electron chi connectivity index (χ4n) is 2.34. The zero-order chi connectivity index (χ0) is 21.4. The third-order valence-electron chi connectivity index (χ3n) is 4.20. The van der Waals surface area contributed by atoms with Crippen LogP contribution >= 0.6 is 11.8 Å². The number of hydrogen-bond donors (Lipinski definition) is 1. The van der Waals surface area contributed by atoms with Crippen LogP contribution in [0.4, 0.5) is 10.5 Å². The minimum atomic E-state index is -0.966. The summed E-state index contributed by atoms with van der Waals surface area (Å²) in [5.74, 6) is -0.472. The maximum atomic E-state index is 12.6. The van der Waals surface area contributed by atoms with Crippen molar-refractivity contribution in [3.63, 3.8) is 0 Å². The Morgan fingerprint density at radius 3 is 2.31 bits per heavy atom. The van der Waals surface area contributed by atoms with Gasteiger partial charge in [-0.15, -0.1) is 0 Å². The summed E-state index contributed by atoms with van der Waals surface area (Å²) in [6.07, 6.45) is 0.962. The summed E-state index contributed by atoms with van der Waals surface area (Å²) in [5.41, 5.74) is 0.707. The predicted molar refractivity (Wildman–Crippen MR) is 110 cm³/mol. The van der Waals surface area contributed by atoms with Crippen molar-refractivity contribution in [2.75, 3.05) is 6.26 Å². The number of benzene rings is 2. The van der Waals surface area contributed by atoms with E-state index < -0.39 is 27.8 Å². The number of nitrogens with one attached hydrogen (secondary N) is 1. The van der Waals surface area contributed by atoms with Crippen LogP contribution in [0.25, 0.3) is 0 Å².